The molecule has 0 saturated heterocycles. The van der Waals surface area contributed by atoms with Crippen molar-refractivity contribution in [3.05, 3.63) is 34.9 Å². The zero-order valence-corrected chi connectivity index (χ0v) is 14.3. The molecule has 1 aromatic rings. The van der Waals surface area contributed by atoms with Gasteiger partial charge in [-0.3, -0.25) is 4.79 Å². The monoisotopic (exact) mass is 284 g/mol. The molecule has 0 amide bonds. The summed E-state index contributed by atoms with van der Waals surface area (Å²) in [6.07, 6.45) is 3.51. The lowest BCUT2D eigenvalue weighted by atomic mass is 9.62. The minimum atomic E-state index is 0.0819. The molecule has 3 rings (SSSR count). The van der Waals surface area contributed by atoms with Gasteiger partial charge in [-0.2, -0.15) is 0 Å². The third-order valence-corrected chi connectivity index (χ3v) is 6.24. The molecular weight excluding hydrogens is 256 g/mol. The first-order chi connectivity index (χ1) is 9.58. The number of fused-ring (bicyclic) bond motifs is 1. The number of hydrogen-bond donors (Lipinski definition) is 0. The highest BCUT2D eigenvalue weighted by Crippen LogP contribution is 2.56. The van der Waals surface area contributed by atoms with Crippen molar-refractivity contribution in [1.29, 1.82) is 0 Å². The van der Waals surface area contributed by atoms with E-state index in [0.717, 1.165) is 6.42 Å². The topological polar surface area (TPSA) is 17.1 Å². The summed E-state index contributed by atoms with van der Waals surface area (Å²) in [4.78, 5) is 11.7. The average molecular weight is 284 g/mol. The summed E-state index contributed by atoms with van der Waals surface area (Å²) in [5.41, 5.74) is 4.98. The number of hydrogen-bond acceptors (Lipinski definition) is 1. The zero-order valence-electron chi connectivity index (χ0n) is 14.3. The fourth-order valence-electron chi connectivity index (χ4n) is 4.22. The number of carbonyl (C=O) groups is 1. The number of carbonyl (C=O) groups excluding carboxylic acids is 1. The number of benzene rings is 1. The Bertz CT molecular complexity index is 608. The maximum absolute atomic E-state index is 11.7. The van der Waals surface area contributed by atoms with E-state index in [2.05, 4.69) is 52.8 Å². The molecule has 2 unspecified atom stereocenters. The van der Waals surface area contributed by atoms with E-state index in [0.29, 0.717) is 5.78 Å². The van der Waals surface area contributed by atoms with Gasteiger partial charge in [0.15, 0.2) is 0 Å². The summed E-state index contributed by atoms with van der Waals surface area (Å²) < 4.78 is 0. The Balaban J connectivity index is 2.08. The van der Waals surface area contributed by atoms with Crippen LogP contribution in [0.25, 0.3) is 0 Å². The van der Waals surface area contributed by atoms with Crippen molar-refractivity contribution in [3.63, 3.8) is 0 Å². The summed E-state index contributed by atoms with van der Waals surface area (Å²) >= 11 is 0. The lowest BCUT2D eigenvalue weighted by Gasteiger charge is -2.42. The summed E-state index contributed by atoms with van der Waals surface area (Å²) in [5.74, 6) is 0.574. The van der Waals surface area contributed by atoms with Crippen LogP contribution in [-0.4, -0.2) is 5.78 Å². The number of rotatable bonds is 2. The fourth-order valence-corrected chi connectivity index (χ4v) is 4.22. The van der Waals surface area contributed by atoms with Gasteiger partial charge in [0, 0.05) is 11.3 Å². The third-order valence-electron chi connectivity index (χ3n) is 6.24. The summed E-state index contributed by atoms with van der Waals surface area (Å²) in [7, 11) is 0. The SMILES string of the molecule is CC(=O)C1CC1(C)c1ccc2c(c1)C(C)(C)CCC2(C)C. The van der Waals surface area contributed by atoms with E-state index < -0.39 is 0 Å². The molecule has 1 heteroatoms. The van der Waals surface area contributed by atoms with Gasteiger partial charge in [-0.05, 0) is 53.7 Å². The molecule has 21 heavy (non-hydrogen) atoms. The Morgan fingerprint density at radius 2 is 1.57 bits per heavy atom. The molecule has 114 valence electrons. The number of ketones is 1. The van der Waals surface area contributed by atoms with Gasteiger partial charge in [0.25, 0.3) is 0 Å². The zero-order chi connectivity index (χ0) is 15.6. The van der Waals surface area contributed by atoms with Crippen molar-refractivity contribution in [2.45, 2.75) is 77.0 Å². The molecule has 1 fully saturated rings. The van der Waals surface area contributed by atoms with Gasteiger partial charge in [-0.1, -0.05) is 52.8 Å². The van der Waals surface area contributed by atoms with Crippen LogP contribution in [0, 0.1) is 5.92 Å². The summed E-state index contributed by atoms with van der Waals surface area (Å²) in [6.45, 7) is 13.4. The molecular formula is C20H28O. The van der Waals surface area contributed by atoms with Gasteiger partial charge >= 0.3 is 0 Å². The molecule has 1 aromatic carbocycles. The Kier molecular flexibility index (Phi) is 2.97. The Morgan fingerprint density at radius 1 is 1.00 bits per heavy atom. The summed E-state index contributed by atoms with van der Waals surface area (Å²) in [6, 6.07) is 7.04. The van der Waals surface area contributed by atoms with E-state index in [1.54, 1.807) is 6.92 Å². The maximum atomic E-state index is 11.7. The van der Waals surface area contributed by atoms with E-state index in [4.69, 9.17) is 0 Å². The van der Waals surface area contributed by atoms with Crippen LogP contribution in [0.2, 0.25) is 0 Å². The van der Waals surface area contributed by atoms with E-state index >= 15 is 0 Å². The first-order valence-corrected chi connectivity index (χ1v) is 8.24. The van der Waals surface area contributed by atoms with Crippen LogP contribution in [-0.2, 0) is 21.0 Å². The molecule has 0 spiro atoms. The molecule has 0 aliphatic heterocycles. The first kappa shape index (κ1) is 14.8. The van der Waals surface area contributed by atoms with E-state index in [-0.39, 0.29) is 22.2 Å². The van der Waals surface area contributed by atoms with Gasteiger partial charge in [-0.15, -0.1) is 0 Å². The highest BCUT2D eigenvalue weighted by molar-refractivity contribution is 5.84. The van der Waals surface area contributed by atoms with Crippen molar-refractivity contribution in [2.24, 2.45) is 5.92 Å². The van der Waals surface area contributed by atoms with Gasteiger partial charge in [0.2, 0.25) is 0 Å². The highest BCUT2D eigenvalue weighted by Gasteiger charge is 2.54. The lowest BCUT2D eigenvalue weighted by molar-refractivity contribution is -0.118. The van der Waals surface area contributed by atoms with Crippen LogP contribution in [0.3, 0.4) is 0 Å². The Morgan fingerprint density at radius 3 is 2.10 bits per heavy atom. The van der Waals surface area contributed by atoms with Crippen molar-refractivity contribution in [3.8, 4) is 0 Å². The van der Waals surface area contributed by atoms with Crippen molar-refractivity contribution < 1.29 is 4.79 Å². The molecule has 1 saturated carbocycles. The minimum Gasteiger partial charge on any atom is -0.300 e. The van der Waals surface area contributed by atoms with Gasteiger partial charge in [0.1, 0.15) is 5.78 Å². The predicted octanol–water partition coefficient (Wildman–Crippen LogP) is 4.90. The second kappa shape index (κ2) is 4.21. The van der Waals surface area contributed by atoms with Crippen LogP contribution < -0.4 is 0 Å². The minimum absolute atomic E-state index is 0.0819. The normalized spacial score (nSPS) is 32.4. The van der Waals surface area contributed by atoms with Crippen LogP contribution in [0.4, 0.5) is 0 Å². The van der Waals surface area contributed by atoms with E-state index in [9.17, 15) is 4.79 Å². The average Bonchev–Trinajstić information content (AvgIpc) is 3.09. The van der Waals surface area contributed by atoms with Crippen molar-refractivity contribution in [2.75, 3.05) is 0 Å². The summed E-state index contributed by atoms with van der Waals surface area (Å²) in [5, 5.41) is 0. The number of Topliss-reactive ketones (excluding diaryl/α,β-unsaturated/α-hetero) is 1. The third kappa shape index (κ3) is 2.17. The molecule has 0 aromatic heterocycles. The van der Waals surface area contributed by atoms with Gasteiger partial charge in [0.05, 0.1) is 0 Å². The molecule has 2 atom stereocenters. The highest BCUT2D eigenvalue weighted by atomic mass is 16.1. The van der Waals surface area contributed by atoms with E-state index in [1.165, 1.54) is 29.5 Å². The smallest absolute Gasteiger partial charge is 0.133 e. The Labute approximate surface area is 129 Å². The Hall–Kier alpha value is -1.11. The lowest BCUT2D eigenvalue weighted by Crippen LogP contribution is -2.34. The van der Waals surface area contributed by atoms with Crippen molar-refractivity contribution >= 4 is 5.78 Å². The van der Waals surface area contributed by atoms with Gasteiger partial charge in [-0.25, -0.2) is 0 Å². The molecule has 1 nitrogen and oxygen atoms in total. The van der Waals surface area contributed by atoms with Crippen LogP contribution >= 0.6 is 0 Å². The molecule has 0 radical (unpaired) electrons. The van der Waals surface area contributed by atoms with Crippen LogP contribution in [0.5, 0.6) is 0 Å². The molecule has 0 N–H and O–H groups in total. The van der Waals surface area contributed by atoms with Crippen LogP contribution in [0.15, 0.2) is 18.2 Å². The molecule has 0 bridgehead atoms. The fraction of sp³-hybridized carbons (Fsp3) is 0.650. The molecule has 2 aliphatic rings. The van der Waals surface area contributed by atoms with Gasteiger partial charge < -0.3 is 0 Å². The van der Waals surface area contributed by atoms with Crippen LogP contribution in [0.1, 0.15) is 77.5 Å². The maximum Gasteiger partial charge on any atom is 0.133 e. The predicted molar refractivity (Wildman–Crippen MR) is 87.9 cm³/mol. The first-order valence-electron chi connectivity index (χ1n) is 8.24. The second-order valence-electron chi connectivity index (χ2n) is 8.81. The second-order valence-corrected chi connectivity index (χ2v) is 8.81. The van der Waals surface area contributed by atoms with Crippen molar-refractivity contribution in [1.82, 2.24) is 0 Å². The standard InChI is InChI=1S/C20H28O/c1-13(21)17-12-20(17,6)14-7-8-15-16(11-14)19(4,5)10-9-18(15,2)3/h7-8,11,17H,9-10,12H2,1-6H3. The molecule has 2 aliphatic carbocycles. The molecule has 0 heterocycles. The largest absolute Gasteiger partial charge is 0.300 e. The van der Waals surface area contributed by atoms with E-state index in [1.807, 2.05) is 0 Å². The quantitative estimate of drug-likeness (QED) is 0.754.